The van der Waals surface area contributed by atoms with Gasteiger partial charge in [-0.3, -0.25) is 4.79 Å². The smallest absolute Gasteiger partial charge is 0.352 e. The molecule has 2 rings (SSSR count). The van der Waals surface area contributed by atoms with Crippen molar-refractivity contribution in [1.82, 2.24) is 14.9 Å². The number of rotatable bonds is 5. The molecule has 0 radical (unpaired) electrons. The average molecular weight is 325 g/mol. The summed E-state index contributed by atoms with van der Waals surface area (Å²) in [6.07, 6.45) is -0.254. The van der Waals surface area contributed by atoms with Gasteiger partial charge in [-0.1, -0.05) is 12.1 Å². The van der Waals surface area contributed by atoms with E-state index in [1.165, 1.54) is 24.3 Å². The zero-order chi connectivity index (χ0) is 17.0. The summed E-state index contributed by atoms with van der Waals surface area (Å²) < 4.78 is 39.8. The first-order chi connectivity index (χ1) is 10.8. The van der Waals surface area contributed by atoms with Gasteiger partial charge in [0.1, 0.15) is 0 Å². The van der Waals surface area contributed by atoms with Crippen molar-refractivity contribution in [2.75, 3.05) is 6.54 Å². The lowest BCUT2D eigenvalue weighted by Crippen LogP contribution is -2.26. The number of amides is 1. The highest BCUT2D eigenvalue weighted by Gasteiger charge is 2.36. The number of aryl methyl sites for hydroxylation is 1. The third-order valence-corrected chi connectivity index (χ3v) is 3.75. The fourth-order valence-electron chi connectivity index (χ4n) is 2.14. The summed E-state index contributed by atoms with van der Waals surface area (Å²) >= 11 is 0. The lowest BCUT2D eigenvalue weighted by molar-refractivity contribution is -0.146. The minimum absolute atomic E-state index is 0.143. The Morgan fingerprint density at radius 3 is 2.48 bits per heavy atom. The molecule has 124 valence electrons. The molecule has 0 bridgehead atoms. The second-order valence-corrected chi connectivity index (χ2v) is 5.39. The SMILES string of the molecule is CC(c1ccc(C(=O)NCCc2cncn2C)cc1)C(F)(F)F. The number of benzene rings is 1. The van der Waals surface area contributed by atoms with Crippen molar-refractivity contribution in [1.29, 1.82) is 0 Å². The van der Waals surface area contributed by atoms with Crippen molar-refractivity contribution in [3.05, 3.63) is 53.6 Å². The summed E-state index contributed by atoms with van der Waals surface area (Å²) in [6, 6.07) is 5.51. The van der Waals surface area contributed by atoms with Crippen LogP contribution >= 0.6 is 0 Å². The fourth-order valence-corrected chi connectivity index (χ4v) is 2.14. The van der Waals surface area contributed by atoms with Crippen LogP contribution in [0.25, 0.3) is 0 Å². The number of aromatic nitrogens is 2. The summed E-state index contributed by atoms with van der Waals surface area (Å²) in [5.74, 6) is -1.86. The molecule has 1 aromatic carbocycles. The molecule has 0 saturated heterocycles. The largest absolute Gasteiger partial charge is 0.395 e. The molecule has 7 heteroatoms. The number of halogens is 3. The Kier molecular flexibility index (Phi) is 5.08. The minimum Gasteiger partial charge on any atom is -0.352 e. The van der Waals surface area contributed by atoms with E-state index >= 15 is 0 Å². The van der Waals surface area contributed by atoms with Crippen LogP contribution in [0.15, 0.2) is 36.8 Å². The van der Waals surface area contributed by atoms with E-state index < -0.39 is 12.1 Å². The van der Waals surface area contributed by atoms with Gasteiger partial charge in [0.25, 0.3) is 5.91 Å². The van der Waals surface area contributed by atoms with E-state index in [0.29, 0.717) is 18.5 Å². The molecule has 1 aromatic heterocycles. The van der Waals surface area contributed by atoms with Gasteiger partial charge in [-0.25, -0.2) is 4.98 Å². The van der Waals surface area contributed by atoms with Crippen molar-refractivity contribution < 1.29 is 18.0 Å². The molecular formula is C16H18F3N3O. The summed E-state index contributed by atoms with van der Waals surface area (Å²) in [4.78, 5) is 16.0. The topological polar surface area (TPSA) is 46.9 Å². The molecule has 0 spiro atoms. The van der Waals surface area contributed by atoms with Crippen LogP contribution in [0.4, 0.5) is 13.2 Å². The normalized spacial score (nSPS) is 12.9. The first kappa shape index (κ1) is 17.1. The minimum atomic E-state index is -4.28. The quantitative estimate of drug-likeness (QED) is 0.918. The van der Waals surface area contributed by atoms with E-state index in [1.54, 1.807) is 12.5 Å². The molecule has 0 aliphatic rings. The molecular weight excluding hydrogens is 307 g/mol. The Balaban J connectivity index is 1.91. The van der Waals surface area contributed by atoms with Crippen LogP contribution in [0.2, 0.25) is 0 Å². The number of nitrogens with one attached hydrogen (secondary N) is 1. The van der Waals surface area contributed by atoms with E-state index in [-0.39, 0.29) is 11.5 Å². The van der Waals surface area contributed by atoms with Crippen LogP contribution in [0.1, 0.15) is 34.5 Å². The summed E-state index contributed by atoms with van der Waals surface area (Å²) in [5, 5.41) is 2.74. The fraction of sp³-hybridized carbons (Fsp3) is 0.375. The predicted octanol–water partition coefficient (Wildman–Crippen LogP) is 3.06. The second kappa shape index (κ2) is 6.85. The number of hydrogen-bond acceptors (Lipinski definition) is 2. The van der Waals surface area contributed by atoms with Gasteiger partial charge < -0.3 is 9.88 Å². The van der Waals surface area contributed by atoms with E-state index in [2.05, 4.69) is 10.3 Å². The third-order valence-electron chi connectivity index (χ3n) is 3.75. The Morgan fingerprint density at radius 1 is 1.30 bits per heavy atom. The predicted molar refractivity (Wildman–Crippen MR) is 80.2 cm³/mol. The van der Waals surface area contributed by atoms with Crippen molar-refractivity contribution in [3.8, 4) is 0 Å². The third kappa shape index (κ3) is 4.34. The van der Waals surface area contributed by atoms with Crippen LogP contribution < -0.4 is 5.32 Å². The summed E-state index contributed by atoms with van der Waals surface area (Å²) in [7, 11) is 1.87. The molecule has 1 unspecified atom stereocenters. The maximum absolute atomic E-state index is 12.6. The maximum Gasteiger partial charge on any atom is 0.395 e. The molecule has 23 heavy (non-hydrogen) atoms. The highest BCUT2D eigenvalue weighted by atomic mass is 19.4. The van der Waals surface area contributed by atoms with Crippen LogP contribution in [0, 0.1) is 0 Å². The van der Waals surface area contributed by atoms with Gasteiger partial charge in [0.2, 0.25) is 0 Å². The number of imidazole rings is 1. The maximum atomic E-state index is 12.6. The highest BCUT2D eigenvalue weighted by Crippen LogP contribution is 2.34. The van der Waals surface area contributed by atoms with Gasteiger partial charge in [0.05, 0.1) is 12.2 Å². The summed E-state index contributed by atoms with van der Waals surface area (Å²) in [6.45, 7) is 1.53. The molecule has 4 nitrogen and oxygen atoms in total. The van der Waals surface area contributed by atoms with E-state index in [1.807, 2.05) is 11.6 Å². The Morgan fingerprint density at radius 2 is 1.96 bits per heavy atom. The van der Waals surface area contributed by atoms with Crippen molar-refractivity contribution in [2.45, 2.75) is 25.4 Å². The average Bonchev–Trinajstić information content (AvgIpc) is 2.91. The number of hydrogen-bond donors (Lipinski definition) is 1. The van der Waals surface area contributed by atoms with E-state index in [4.69, 9.17) is 0 Å². The molecule has 1 amide bonds. The number of carbonyl (C=O) groups is 1. The van der Waals surface area contributed by atoms with Gasteiger partial charge in [0, 0.05) is 37.5 Å². The number of carbonyl (C=O) groups excluding carboxylic acids is 1. The molecule has 0 fully saturated rings. The molecule has 0 saturated carbocycles. The monoisotopic (exact) mass is 325 g/mol. The van der Waals surface area contributed by atoms with Crippen molar-refractivity contribution in [2.24, 2.45) is 7.05 Å². The molecule has 1 atom stereocenters. The van der Waals surface area contributed by atoms with Gasteiger partial charge in [-0.05, 0) is 24.6 Å². The highest BCUT2D eigenvalue weighted by molar-refractivity contribution is 5.94. The Hall–Kier alpha value is -2.31. The van der Waals surface area contributed by atoms with Gasteiger partial charge in [-0.2, -0.15) is 13.2 Å². The van der Waals surface area contributed by atoms with E-state index in [0.717, 1.165) is 12.6 Å². The molecule has 1 N–H and O–H groups in total. The Bertz CT molecular complexity index is 662. The van der Waals surface area contributed by atoms with Gasteiger partial charge in [0.15, 0.2) is 0 Å². The standard InChI is InChI=1S/C16H18F3N3O/c1-11(16(17,18)19)12-3-5-13(6-4-12)15(23)21-8-7-14-9-20-10-22(14)2/h3-6,9-11H,7-8H2,1-2H3,(H,21,23). The molecule has 0 aliphatic carbocycles. The first-order valence-corrected chi connectivity index (χ1v) is 7.19. The molecule has 2 aromatic rings. The zero-order valence-electron chi connectivity index (χ0n) is 12.9. The van der Waals surface area contributed by atoms with Gasteiger partial charge >= 0.3 is 6.18 Å². The van der Waals surface area contributed by atoms with E-state index in [9.17, 15) is 18.0 Å². The van der Waals surface area contributed by atoms with Crippen LogP contribution in [-0.4, -0.2) is 28.2 Å². The molecule has 1 heterocycles. The Labute approximate surface area is 132 Å². The van der Waals surface area contributed by atoms with Crippen molar-refractivity contribution in [3.63, 3.8) is 0 Å². The van der Waals surface area contributed by atoms with Crippen LogP contribution in [0.3, 0.4) is 0 Å². The summed E-state index contributed by atoms with van der Waals surface area (Å²) in [5.41, 5.74) is 1.47. The first-order valence-electron chi connectivity index (χ1n) is 7.19. The number of alkyl halides is 3. The lowest BCUT2D eigenvalue weighted by Gasteiger charge is -2.16. The van der Waals surface area contributed by atoms with Gasteiger partial charge in [-0.15, -0.1) is 0 Å². The zero-order valence-corrected chi connectivity index (χ0v) is 12.9. The lowest BCUT2D eigenvalue weighted by atomic mass is 9.99. The van der Waals surface area contributed by atoms with Crippen LogP contribution in [-0.2, 0) is 13.5 Å². The molecule has 0 aliphatic heterocycles. The second-order valence-electron chi connectivity index (χ2n) is 5.39. The van der Waals surface area contributed by atoms with Crippen molar-refractivity contribution >= 4 is 5.91 Å². The number of nitrogens with zero attached hydrogens (tertiary/aromatic N) is 2. The van der Waals surface area contributed by atoms with Crippen LogP contribution in [0.5, 0.6) is 0 Å².